The van der Waals surface area contributed by atoms with Gasteiger partial charge in [-0.05, 0) is 42.4 Å². The molecule has 2 unspecified atom stereocenters. The van der Waals surface area contributed by atoms with Gasteiger partial charge in [0, 0.05) is 19.7 Å². The Labute approximate surface area is 121 Å². The summed E-state index contributed by atoms with van der Waals surface area (Å²) in [7, 11) is -3.41. The average molecular weight is 297 g/mol. The highest BCUT2D eigenvalue weighted by Gasteiger charge is 2.32. The van der Waals surface area contributed by atoms with Crippen LogP contribution in [0.15, 0.2) is 29.2 Å². The average Bonchev–Trinajstić information content (AvgIpc) is 2.96. The summed E-state index contributed by atoms with van der Waals surface area (Å²) >= 11 is 0. The number of aliphatic hydroxyl groups excluding tert-OH is 1. The Bertz CT molecular complexity index is 539. The van der Waals surface area contributed by atoms with Crippen molar-refractivity contribution in [2.24, 2.45) is 5.92 Å². The van der Waals surface area contributed by atoms with Gasteiger partial charge in [0.15, 0.2) is 0 Å². The topological polar surface area (TPSA) is 57.6 Å². The Morgan fingerprint density at radius 3 is 2.50 bits per heavy atom. The second-order valence-electron chi connectivity index (χ2n) is 5.58. The van der Waals surface area contributed by atoms with Crippen LogP contribution in [-0.4, -0.2) is 37.5 Å². The van der Waals surface area contributed by atoms with Gasteiger partial charge in [0.05, 0.1) is 4.90 Å². The third kappa shape index (κ3) is 3.05. The van der Waals surface area contributed by atoms with Crippen LogP contribution < -0.4 is 0 Å². The maximum atomic E-state index is 12.5. The van der Waals surface area contributed by atoms with Crippen molar-refractivity contribution < 1.29 is 13.5 Å². The molecular formula is C15H23NO3S. The number of hydrogen-bond donors (Lipinski definition) is 1. The third-order valence-electron chi connectivity index (χ3n) is 4.21. The fraction of sp³-hybridized carbons (Fsp3) is 0.600. The summed E-state index contributed by atoms with van der Waals surface area (Å²) < 4.78 is 26.5. The molecule has 1 aliphatic heterocycles. The Kier molecular flexibility index (Phi) is 4.83. The normalized spacial score (nSPS) is 22.1. The highest BCUT2D eigenvalue weighted by atomic mass is 32.2. The minimum absolute atomic E-state index is 0.0545. The molecule has 1 aliphatic rings. The van der Waals surface area contributed by atoms with Crippen LogP contribution in [0.3, 0.4) is 0 Å². The van der Waals surface area contributed by atoms with E-state index >= 15 is 0 Å². The van der Waals surface area contributed by atoms with E-state index in [2.05, 4.69) is 13.8 Å². The number of aliphatic hydroxyl groups is 1. The van der Waals surface area contributed by atoms with Gasteiger partial charge in [0.1, 0.15) is 0 Å². The molecule has 2 atom stereocenters. The van der Waals surface area contributed by atoms with Gasteiger partial charge < -0.3 is 5.11 Å². The van der Waals surface area contributed by atoms with E-state index in [0.717, 1.165) is 12.8 Å². The van der Waals surface area contributed by atoms with Crippen molar-refractivity contribution in [3.8, 4) is 0 Å². The van der Waals surface area contributed by atoms with E-state index in [-0.39, 0.29) is 12.5 Å². The zero-order valence-corrected chi connectivity index (χ0v) is 12.9. The lowest BCUT2D eigenvalue weighted by Gasteiger charge is -2.17. The van der Waals surface area contributed by atoms with Crippen molar-refractivity contribution in [3.63, 3.8) is 0 Å². The zero-order valence-electron chi connectivity index (χ0n) is 12.1. The summed E-state index contributed by atoms with van der Waals surface area (Å²) in [6.07, 6.45) is 1.77. The van der Waals surface area contributed by atoms with Gasteiger partial charge in [-0.3, -0.25) is 0 Å². The molecule has 1 saturated heterocycles. The van der Waals surface area contributed by atoms with Crippen LogP contribution in [0.5, 0.6) is 0 Å². The van der Waals surface area contributed by atoms with E-state index in [4.69, 9.17) is 5.11 Å². The van der Waals surface area contributed by atoms with Gasteiger partial charge >= 0.3 is 0 Å². The monoisotopic (exact) mass is 297 g/mol. The first-order valence-electron chi connectivity index (χ1n) is 7.20. The van der Waals surface area contributed by atoms with Crippen LogP contribution in [0.1, 0.15) is 38.2 Å². The highest BCUT2D eigenvalue weighted by Crippen LogP contribution is 2.26. The van der Waals surface area contributed by atoms with Crippen molar-refractivity contribution in [2.75, 3.05) is 19.7 Å². The molecule has 5 heteroatoms. The van der Waals surface area contributed by atoms with Crippen LogP contribution in [0.2, 0.25) is 0 Å². The van der Waals surface area contributed by atoms with Gasteiger partial charge in [-0.25, -0.2) is 8.42 Å². The predicted octanol–water partition coefficient (Wildman–Crippen LogP) is 2.20. The fourth-order valence-electron chi connectivity index (χ4n) is 2.52. The molecule has 0 radical (unpaired) electrons. The molecule has 0 amide bonds. The Hall–Kier alpha value is -0.910. The summed E-state index contributed by atoms with van der Waals surface area (Å²) in [5.74, 6) is 0.515. The molecule has 0 aromatic heterocycles. The molecular weight excluding hydrogens is 274 g/mol. The van der Waals surface area contributed by atoms with E-state index in [9.17, 15) is 8.42 Å². The summed E-state index contributed by atoms with van der Waals surface area (Å²) in [6.45, 7) is 5.23. The molecule has 4 nitrogen and oxygen atoms in total. The van der Waals surface area contributed by atoms with E-state index < -0.39 is 10.0 Å². The van der Waals surface area contributed by atoms with Gasteiger partial charge in [0.25, 0.3) is 0 Å². The number of rotatable bonds is 5. The molecule has 1 N–H and O–H groups in total. The first-order chi connectivity index (χ1) is 9.48. The zero-order chi connectivity index (χ0) is 14.8. The largest absolute Gasteiger partial charge is 0.396 e. The highest BCUT2D eigenvalue weighted by molar-refractivity contribution is 7.89. The SMILES string of the molecule is CCC(C)c1ccc(S(=O)(=O)N2CCC(CO)C2)cc1. The molecule has 0 saturated carbocycles. The number of hydrogen-bond acceptors (Lipinski definition) is 3. The van der Waals surface area contributed by atoms with E-state index in [1.54, 1.807) is 12.1 Å². The van der Waals surface area contributed by atoms with E-state index in [1.807, 2.05) is 12.1 Å². The van der Waals surface area contributed by atoms with Crippen LogP contribution >= 0.6 is 0 Å². The molecule has 20 heavy (non-hydrogen) atoms. The molecule has 0 spiro atoms. The smallest absolute Gasteiger partial charge is 0.243 e. The van der Waals surface area contributed by atoms with Gasteiger partial charge in [-0.1, -0.05) is 26.0 Å². The molecule has 1 aromatic carbocycles. The van der Waals surface area contributed by atoms with Crippen molar-refractivity contribution in [3.05, 3.63) is 29.8 Å². The number of benzene rings is 1. The third-order valence-corrected chi connectivity index (χ3v) is 6.09. The first kappa shape index (κ1) is 15.5. The number of nitrogens with zero attached hydrogens (tertiary/aromatic N) is 1. The fourth-order valence-corrected chi connectivity index (χ4v) is 4.05. The maximum Gasteiger partial charge on any atom is 0.243 e. The molecule has 1 fully saturated rings. The maximum absolute atomic E-state index is 12.5. The summed E-state index contributed by atoms with van der Waals surface area (Å²) in [4.78, 5) is 0.350. The Morgan fingerprint density at radius 2 is 2.00 bits per heavy atom. The minimum atomic E-state index is -3.41. The Balaban J connectivity index is 2.18. The standard InChI is InChI=1S/C15H23NO3S/c1-3-12(2)14-4-6-15(7-5-14)20(18,19)16-9-8-13(10-16)11-17/h4-7,12-13,17H,3,8-11H2,1-2H3. The van der Waals surface area contributed by atoms with Crippen molar-refractivity contribution in [2.45, 2.75) is 37.5 Å². The molecule has 1 aromatic rings. The molecule has 1 heterocycles. The lowest BCUT2D eigenvalue weighted by Crippen LogP contribution is -2.29. The lowest BCUT2D eigenvalue weighted by molar-refractivity contribution is 0.233. The van der Waals surface area contributed by atoms with E-state index in [0.29, 0.717) is 23.9 Å². The van der Waals surface area contributed by atoms with Crippen LogP contribution in [0.4, 0.5) is 0 Å². The first-order valence-corrected chi connectivity index (χ1v) is 8.64. The summed E-state index contributed by atoms with van der Waals surface area (Å²) in [5.41, 5.74) is 1.17. The summed E-state index contributed by atoms with van der Waals surface area (Å²) in [5, 5.41) is 9.12. The van der Waals surface area contributed by atoms with E-state index in [1.165, 1.54) is 9.87 Å². The van der Waals surface area contributed by atoms with Gasteiger partial charge in [-0.2, -0.15) is 4.31 Å². The van der Waals surface area contributed by atoms with Crippen molar-refractivity contribution in [1.82, 2.24) is 4.31 Å². The van der Waals surface area contributed by atoms with Crippen LogP contribution in [0, 0.1) is 5.92 Å². The summed E-state index contributed by atoms with van der Waals surface area (Å²) in [6, 6.07) is 7.20. The van der Waals surface area contributed by atoms with Crippen molar-refractivity contribution >= 4 is 10.0 Å². The van der Waals surface area contributed by atoms with Crippen LogP contribution in [0.25, 0.3) is 0 Å². The second kappa shape index (κ2) is 6.24. The predicted molar refractivity (Wildman–Crippen MR) is 79.1 cm³/mol. The molecule has 112 valence electrons. The second-order valence-corrected chi connectivity index (χ2v) is 7.52. The Morgan fingerprint density at radius 1 is 1.35 bits per heavy atom. The van der Waals surface area contributed by atoms with Gasteiger partial charge in [0.2, 0.25) is 10.0 Å². The minimum Gasteiger partial charge on any atom is -0.396 e. The molecule has 0 bridgehead atoms. The van der Waals surface area contributed by atoms with Crippen molar-refractivity contribution in [1.29, 1.82) is 0 Å². The quantitative estimate of drug-likeness (QED) is 0.906. The van der Waals surface area contributed by atoms with Gasteiger partial charge in [-0.15, -0.1) is 0 Å². The van der Waals surface area contributed by atoms with Crippen LogP contribution in [-0.2, 0) is 10.0 Å². The number of sulfonamides is 1. The lowest BCUT2D eigenvalue weighted by atomic mass is 9.99. The molecule has 2 rings (SSSR count). The molecule has 0 aliphatic carbocycles.